The quantitative estimate of drug-likeness (QED) is 0.823. The molecule has 2 amide bonds. The second-order valence-corrected chi connectivity index (χ2v) is 7.84. The van der Waals surface area contributed by atoms with Gasteiger partial charge in [-0.15, -0.1) is 11.3 Å². The highest BCUT2D eigenvalue weighted by atomic mass is 32.1. The molecule has 0 unspecified atom stereocenters. The molecule has 1 aliphatic heterocycles. The molecule has 1 aromatic heterocycles. The van der Waals surface area contributed by atoms with Crippen LogP contribution < -0.4 is 15.4 Å². The average molecular weight is 386 g/mol. The van der Waals surface area contributed by atoms with Crippen molar-refractivity contribution >= 4 is 33.8 Å². The van der Waals surface area contributed by atoms with E-state index in [0.717, 1.165) is 37.7 Å². The third kappa shape index (κ3) is 3.70. The smallest absolute Gasteiger partial charge is 0.258 e. The van der Waals surface area contributed by atoms with Gasteiger partial charge in [0.2, 0.25) is 0 Å². The molecule has 7 heteroatoms. The van der Waals surface area contributed by atoms with Crippen LogP contribution in [0, 0.1) is 0 Å². The first kappa shape index (κ1) is 18.0. The monoisotopic (exact) mass is 386 g/mol. The Morgan fingerprint density at radius 2 is 2.11 bits per heavy atom. The summed E-state index contributed by atoms with van der Waals surface area (Å²) in [5, 5.41) is 6.50. The molecule has 1 aliphatic carbocycles. The average Bonchev–Trinajstić information content (AvgIpc) is 3.38. The Hall–Kier alpha value is -2.38. The molecule has 4 rings (SSSR count). The van der Waals surface area contributed by atoms with Crippen LogP contribution in [0.2, 0.25) is 0 Å². The fraction of sp³-hybridized carbons (Fsp3) is 0.400. The molecule has 1 saturated heterocycles. The Labute approximate surface area is 161 Å². The maximum atomic E-state index is 13.0. The largest absolute Gasteiger partial charge is 0.497 e. The summed E-state index contributed by atoms with van der Waals surface area (Å²) in [6.07, 6.45) is 4.05. The van der Waals surface area contributed by atoms with Crippen LogP contribution in [-0.2, 0) is 22.4 Å². The van der Waals surface area contributed by atoms with Gasteiger partial charge in [0, 0.05) is 23.2 Å². The predicted octanol–water partition coefficient (Wildman–Crippen LogP) is 3.62. The molecular weight excluding hydrogens is 364 g/mol. The molecular formula is C20H22N2O4S. The molecule has 2 heterocycles. The van der Waals surface area contributed by atoms with Crippen LogP contribution in [0.15, 0.2) is 24.3 Å². The summed E-state index contributed by atoms with van der Waals surface area (Å²) in [5.74, 6) is 0.309. The van der Waals surface area contributed by atoms with Crippen LogP contribution in [0.3, 0.4) is 0 Å². The zero-order valence-corrected chi connectivity index (χ0v) is 16.0. The molecule has 2 aromatic rings. The number of methoxy groups -OCH3 is 1. The summed E-state index contributed by atoms with van der Waals surface area (Å²) in [4.78, 5) is 26.7. The number of thiophene rings is 1. The number of rotatable bonds is 5. The lowest BCUT2D eigenvalue weighted by molar-refractivity contribution is -0.124. The van der Waals surface area contributed by atoms with E-state index in [4.69, 9.17) is 9.47 Å². The van der Waals surface area contributed by atoms with Gasteiger partial charge >= 0.3 is 0 Å². The molecule has 27 heavy (non-hydrogen) atoms. The Morgan fingerprint density at radius 3 is 2.89 bits per heavy atom. The van der Waals surface area contributed by atoms with Crippen molar-refractivity contribution in [2.75, 3.05) is 24.4 Å². The molecule has 0 saturated carbocycles. The summed E-state index contributed by atoms with van der Waals surface area (Å²) >= 11 is 1.51. The third-order valence-corrected chi connectivity index (χ3v) is 6.14. The van der Waals surface area contributed by atoms with Gasteiger partial charge in [0.15, 0.2) is 0 Å². The molecule has 0 bridgehead atoms. The first-order chi connectivity index (χ1) is 13.2. The summed E-state index contributed by atoms with van der Waals surface area (Å²) < 4.78 is 10.7. The van der Waals surface area contributed by atoms with E-state index in [2.05, 4.69) is 10.6 Å². The second-order valence-electron chi connectivity index (χ2n) is 6.74. The zero-order chi connectivity index (χ0) is 18.8. The van der Waals surface area contributed by atoms with E-state index in [1.54, 1.807) is 13.2 Å². The third-order valence-electron chi connectivity index (χ3n) is 4.93. The predicted molar refractivity (Wildman–Crippen MR) is 105 cm³/mol. The van der Waals surface area contributed by atoms with E-state index in [0.29, 0.717) is 28.6 Å². The fourth-order valence-electron chi connectivity index (χ4n) is 3.60. The molecule has 0 radical (unpaired) electrons. The minimum atomic E-state index is -0.420. The molecule has 1 aromatic carbocycles. The van der Waals surface area contributed by atoms with Crippen LogP contribution in [0.4, 0.5) is 10.7 Å². The number of benzene rings is 1. The highest BCUT2D eigenvalue weighted by Gasteiger charge is 2.30. The molecule has 6 nitrogen and oxygen atoms in total. The highest BCUT2D eigenvalue weighted by molar-refractivity contribution is 7.17. The van der Waals surface area contributed by atoms with Crippen molar-refractivity contribution in [3.63, 3.8) is 0 Å². The standard InChI is InChI=1S/C20H22N2O4S/c1-25-13-6-2-5-12(11-13)21-19(24)17-14-7-3-9-16(14)27-20(17)22-18(23)15-8-4-10-26-15/h2,5-6,11,15H,3-4,7-10H2,1H3,(H,21,24)(H,22,23)/t15-/m0/s1. The van der Waals surface area contributed by atoms with E-state index >= 15 is 0 Å². The van der Waals surface area contributed by atoms with Gasteiger partial charge in [-0.1, -0.05) is 6.07 Å². The van der Waals surface area contributed by atoms with Gasteiger partial charge in [-0.25, -0.2) is 0 Å². The van der Waals surface area contributed by atoms with Gasteiger partial charge in [0.25, 0.3) is 11.8 Å². The molecule has 1 fully saturated rings. The number of aryl methyl sites for hydroxylation is 1. The zero-order valence-electron chi connectivity index (χ0n) is 15.2. The van der Waals surface area contributed by atoms with Crippen LogP contribution in [0.25, 0.3) is 0 Å². The number of nitrogens with one attached hydrogen (secondary N) is 2. The number of anilines is 2. The lowest BCUT2D eigenvalue weighted by Gasteiger charge is -2.12. The van der Waals surface area contributed by atoms with Crippen molar-refractivity contribution in [3.8, 4) is 5.75 Å². The number of carbonyl (C=O) groups is 2. The number of fused-ring (bicyclic) bond motifs is 1. The maximum Gasteiger partial charge on any atom is 0.258 e. The summed E-state index contributed by atoms with van der Waals surface area (Å²) in [6.45, 7) is 0.613. The highest BCUT2D eigenvalue weighted by Crippen LogP contribution is 2.39. The topological polar surface area (TPSA) is 76.7 Å². The lowest BCUT2D eigenvalue weighted by Crippen LogP contribution is -2.27. The Bertz CT molecular complexity index is 871. The van der Waals surface area contributed by atoms with E-state index in [1.165, 1.54) is 16.2 Å². The van der Waals surface area contributed by atoms with E-state index in [9.17, 15) is 9.59 Å². The summed E-state index contributed by atoms with van der Waals surface area (Å²) in [5.41, 5.74) is 2.30. The Morgan fingerprint density at radius 1 is 1.22 bits per heavy atom. The first-order valence-corrected chi connectivity index (χ1v) is 10.00. The van der Waals surface area contributed by atoms with Gasteiger partial charge in [-0.3, -0.25) is 9.59 Å². The van der Waals surface area contributed by atoms with Crippen molar-refractivity contribution in [1.29, 1.82) is 0 Å². The van der Waals surface area contributed by atoms with Gasteiger partial charge < -0.3 is 20.1 Å². The van der Waals surface area contributed by atoms with Gasteiger partial charge in [-0.2, -0.15) is 0 Å². The van der Waals surface area contributed by atoms with Crippen LogP contribution in [0.1, 0.15) is 40.1 Å². The van der Waals surface area contributed by atoms with Crippen LogP contribution >= 0.6 is 11.3 Å². The molecule has 0 spiro atoms. The fourth-order valence-corrected chi connectivity index (χ4v) is 4.89. The van der Waals surface area contributed by atoms with Crippen molar-refractivity contribution in [2.24, 2.45) is 0 Å². The first-order valence-electron chi connectivity index (χ1n) is 9.18. The van der Waals surface area contributed by atoms with Crippen LogP contribution in [-0.4, -0.2) is 31.6 Å². The van der Waals surface area contributed by atoms with Crippen molar-refractivity contribution in [2.45, 2.75) is 38.2 Å². The molecule has 142 valence electrons. The summed E-state index contributed by atoms with van der Waals surface area (Å²) in [7, 11) is 1.59. The number of amides is 2. The number of hydrogen-bond donors (Lipinski definition) is 2. The molecule has 2 aliphatic rings. The van der Waals surface area contributed by atoms with Crippen molar-refractivity contribution in [1.82, 2.24) is 0 Å². The SMILES string of the molecule is COc1cccc(NC(=O)c2c(NC(=O)[C@@H]3CCCO3)sc3c2CCC3)c1. The van der Waals surface area contributed by atoms with E-state index in [1.807, 2.05) is 18.2 Å². The number of ether oxygens (including phenoxy) is 2. The van der Waals surface area contributed by atoms with Crippen molar-refractivity contribution in [3.05, 3.63) is 40.3 Å². The summed E-state index contributed by atoms with van der Waals surface area (Å²) in [6, 6.07) is 7.24. The van der Waals surface area contributed by atoms with E-state index < -0.39 is 6.10 Å². The van der Waals surface area contributed by atoms with Gasteiger partial charge in [0.1, 0.15) is 16.9 Å². The number of carbonyl (C=O) groups excluding carboxylic acids is 2. The van der Waals surface area contributed by atoms with Crippen molar-refractivity contribution < 1.29 is 19.1 Å². The van der Waals surface area contributed by atoms with Gasteiger partial charge in [0.05, 0.1) is 12.7 Å². The van der Waals surface area contributed by atoms with E-state index in [-0.39, 0.29) is 11.8 Å². The molecule has 1 atom stereocenters. The van der Waals surface area contributed by atoms with Gasteiger partial charge in [-0.05, 0) is 49.8 Å². The minimum Gasteiger partial charge on any atom is -0.497 e. The lowest BCUT2D eigenvalue weighted by atomic mass is 10.1. The number of hydrogen-bond acceptors (Lipinski definition) is 5. The molecule has 2 N–H and O–H groups in total. The Balaban J connectivity index is 1.58. The minimum absolute atomic E-state index is 0.164. The maximum absolute atomic E-state index is 13.0. The van der Waals surface area contributed by atoms with Crippen LogP contribution in [0.5, 0.6) is 5.75 Å². The second kappa shape index (κ2) is 7.70. The normalized spacial score (nSPS) is 18.2. The Kier molecular flexibility index (Phi) is 5.13.